The topological polar surface area (TPSA) is 74.4 Å². The third kappa shape index (κ3) is 2.50. The average molecular weight is 287 g/mol. The lowest BCUT2D eigenvalue weighted by Crippen LogP contribution is -2.48. The molecule has 1 aliphatic rings. The number of Topliss-reactive ketones (excluding diaryl/α,β-unsaturated/α-hetero) is 1. The number of ether oxygens (including phenoxy) is 1. The molecule has 0 atom stereocenters. The second kappa shape index (κ2) is 5.57. The maximum atomic E-state index is 12.4. The quantitative estimate of drug-likeness (QED) is 0.646. The number of carbonyl (C=O) groups excluding carboxylic acids is 2. The SMILES string of the molecule is COc1ccc2c(C(=O)C(=O)N3CCNCC3)c[nH]c2c1. The highest BCUT2D eigenvalue weighted by molar-refractivity contribution is 6.44. The van der Waals surface area contributed by atoms with Gasteiger partial charge in [-0.05, 0) is 12.1 Å². The second-order valence-corrected chi connectivity index (χ2v) is 4.99. The van der Waals surface area contributed by atoms with E-state index in [-0.39, 0.29) is 0 Å². The molecule has 6 nitrogen and oxygen atoms in total. The average Bonchev–Trinajstić information content (AvgIpc) is 2.97. The number of amides is 1. The van der Waals surface area contributed by atoms with Crippen molar-refractivity contribution >= 4 is 22.6 Å². The van der Waals surface area contributed by atoms with Crippen molar-refractivity contribution in [3.05, 3.63) is 30.0 Å². The van der Waals surface area contributed by atoms with E-state index in [0.717, 1.165) is 24.0 Å². The van der Waals surface area contributed by atoms with E-state index in [4.69, 9.17) is 4.74 Å². The third-order valence-electron chi connectivity index (χ3n) is 3.73. The van der Waals surface area contributed by atoms with Crippen LogP contribution in [0.15, 0.2) is 24.4 Å². The molecule has 0 bridgehead atoms. The second-order valence-electron chi connectivity index (χ2n) is 4.99. The van der Waals surface area contributed by atoms with Crippen LogP contribution in [0.25, 0.3) is 10.9 Å². The minimum absolute atomic E-state index is 0.413. The van der Waals surface area contributed by atoms with Crippen LogP contribution in [0.1, 0.15) is 10.4 Å². The molecule has 2 heterocycles. The number of aromatic amines is 1. The Labute approximate surface area is 122 Å². The fraction of sp³-hybridized carbons (Fsp3) is 0.333. The molecule has 1 aromatic carbocycles. The van der Waals surface area contributed by atoms with Gasteiger partial charge < -0.3 is 19.9 Å². The number of nitrogens with one attached hydrogen (secondary N) is 2. The van der Waals surface area contributed by atoms with Gasteiger partial charge in [-0.15, -0.1) is 0 Å². The Morgan fingerprint density at radius 1 is 1.24 bits per heavy atom. The number of methoxy groups -OCH3 is 1. The Morgan fingerprint density at radius 2 is 2.00 bits per heavy atom. The number of fused-ring (bicyclic) bond motifs is 1. The predicted octanol–water partition coefficient (Wildman–Crippen LogP) is 0.791. The van der Waals surface area contributed by atoms with Crippen molar-refractivity contribution in [2.24, 2.45) is 0 Å². The summed E-state index contributed by atoms with van der Waals surface area (Å²) in [5, 5.41) is 3.90. The van der Waals surface area contributed by atoms with E-state index < -0.39 is 11.7 Å². The number of nitrogens with zero attached hydrogens (tertiary/aromatic N) is 1. The zero-order valence-corrected chi connectivity index (χ0v) is 11.8. The number of hydrogen-bond acceptors (Lipinski definition) is 4. The number of piperazine rings is 1. The fourth-order valence-electron chi connectivity index (χ4n) is 2.55. The van der Waals surface area contributed by atoms with E-state index in [2.05, 4.69) is 10.3 Å². The molecular formula is C15H17N3O3. The molecule has 1 saturated heterocycles. The number of benzene rings is 1. The molecule has 21 heavy (non-hydrogen) atoms. The van der Waals surface area contributed by atoms with Gasteiger partial charge in [-0.1, -0.05) is 0 Å². The molecule has 0 radical (unpaired) electrons. The molecule has 1 aromatic heterocycles. The lowest BCUT2D eigenvalue weighted by Gasteiger charge is -2.26. The van der Waals surface area contributed by atoms with Crippen molar-refractivity contribution in [1.29, 1.82) is 0 Å². The lowest BCUT2D eigenvalue weighted by atomic mass is 10.1. The van der Waals surface area contributed by atoms with Crippen LogP contribution in [0.5, 0.6) is 5.75 Å². The molecule has 2 aromatic rings. The molecule has 1 amide bonds. The van der Waals surface area contributed by atoms with Gasteiger partial charge in [0.15, 0.2) is 0 Å². The zero-order valence-electron chi connectivity index (χ0n) is 11.8. The number of rotatable bonds is 3. The first-order valence-corrected chi connectivity index (χ1v) is 6.90. The van der Waals surface area contributed by atoms with Crippen LogP contribution in [0.4, 0.5) is 0 Å². The first-order chi connectivity index (χ1) is 10.2. The van der Waals surface area contributed by atoms with Gasteiger partial charge in [-0.2, -0.15) is 0 Å². The summed E-state index contributed by atoms with van der Waals surface area (Å²) in [6, 6.07) is 5.38. The highest BCUT2D eigenvalue weighted by Gasteiger charge is 2.26. The molecule has 0 saturated carbocycles. The Bertz CT molecular complexity index is 687. The highest BCUT2D eigenvalue weighted by atomic mass is 16.5. The molecule has 6 heteroatoms. The van der Waals surface area contributed by atoms with Crippen LogP contribution in [-0.2, 0) is 4.79 Å². The van der Waals surface area contributed by atoms with E-state index in [1.165, 1.54) is 0 Å². The van der Waals surface area contributed by atoms with Crippen LogP contribution < -0.4 is 10.1 Å². The van der Waals surface area contributed by atoms with Crippen LogP contribution in [0.2, 0.25) is 0 Å². The normalized spacial score (nSPS) is 15.2. The van der Waals surface area contributed by atoms with Crippen LogP contribution in [-0.4, -0.2) is 54.9 Å². The summed E-state index contributed by atoms with van der Waals surface area (Å²) in [6.45, 7) is 2.59. The molecular weight excluding hydrogens is 270 g/mol. The standard InChI is InChI=1S/C15H17N3O3/c1-21-10-2-3-11-12(9-17-13(11)8-10)14(19)15(20)18-6-4-16-5-7-18/h2-3,8-9,16-17H,4-7H2,1H3. The number of hydrogen-bond donors (Lipinski definition) is 2. The third-order valence-corrected chi connectivity index (χ3v) is 3.73. The Morgan fingerprint density at radius 3 is 2.71 bits per heavy atom. The molecule has 110 valence electrons. The zero-order chi connectivity index (χ0) is 14.8. The summed E-state index contributed by atoms with van der Waals surface area (Å²) in [5.41, 5.74) is 1.20. The van der Waals surface area contributed by atoms with Crippen LogP contribution in [0, 0.1) is 0 Å². The number of ketones is 1. The minimum Gasteiger partial charge on any atom is -0.497 e. The Balaban J connectivity index is 1.89. The van der Waals surface area contributed by atoms with Gasteiger partial charge in [0.05, 0.1) is 12.7 Å². The summed E-state index contributed by atoms with van der Waals surface area (Å²) in [4.78, 5) is 29.3. The van der Waals surface area contributed by atoms with E-state index in [1.54, 1.807) is 36.4 Å². The molecule has 1 aliphatic heterocycles. The maximum Gasteiger partial charge on any atom is 0.295 e. The van der Waals surface area contributed by atoms with Gasteiger partial charge >= 0.3 is 0 Å². The summed E-state index contributed by atoms with van der Waals surface area (Å²) < 4.78 is 5.15. The van der Waals surface area contributed by atoms with E-state index >= 15 is 0 Å². The maximum absolute atomic E-state index is 12.4. The molecule has 0 spiro atoms. The molecule has 0 aliphatic carbocycles. The summed E-state index contributed by atoms with van der Waals surface area (Å²) >= 11 is 0. The number of H-pyrrole nitrogens is 1. The first-order valence-electron chi connectivity index (χ1n) is 6.90. The van der Waals surface area contributed by atoms with Crippen molar-refractivity contribution < 1.29 is 14.3 Å². The molecule has 2 N–H and O–H groups in total. The number of aromatic nitrogens is 1. The summed E-state index contributed by atoms with van der Waals surface area (Å²) in [6.07, 6.45) is 1.59. The molecule has 0 unspecified atom stereocenters. The lowest BCUT2D eigenvalue weighted by molar-refractivity contribution is -0.126. The van der Waals surface area contributed by atoms with Crippen molar-refractivity contribution in [3.63, 3.8) is 0 Å². The molecule has 1 fully saturated rings. The Hall–Kier alpha value is -2.34. The van der Waals surface area contributed by atoms with Gasteiger partial charge in [-0.3, -0.25) is 9.59 Å². The van der Waals surface area contributed by atoms with Gasteiger partial charge in [-0.25, -0.2) is 0 Å². The van der Waals surface area contributed by atoms with Gasteiger partial charge in [0.1, 0.15) is 5.75 Å². The van der Waals surface area contributed by atoms with Gasteiger partial charge in [0.2, 0.25) is 0 Å². The number of carbonyl (C=O) groups is 2. The van der Waals surface area contributed by atoms with Gasteiger partial charge in [0.25, 0.3) is 11.7 Å². The first kappa shape index (κ1) is 13.6. The Kier molecular flexibility index (Phi) is 3.62. The van der Waals surface area contributed by atoms with E-state index in [9.17, 15) is 9.59 Å². The van der Waals surface area contributed by atoms with Crippen molar-refractivity contribution in [3.8, 4) is 5.75 Å². The smallest absolute Gasteiger partial charge is 0.295 e. The fourth-order valence-corrected chi connectivity index (χ4v) is 2.55. The van der Waals surface area contributed by atoms with Crippen molar-refractivity contribution in [1.82, 2.24) is 15.2 Å². The summed E-state index contributed by atoms with van der Waals surface area (Å²) in [7, 11) is 1.59. The predicted molar refractivity (Wildman–Crippen MR) is 78.6 cm³/mol. The summed E-state index contributed by atoms with van der Waals surface area (Å²) in [5.74, 6) is -0.196. The van der Waals surface area contributed by atoms with E-state index in [0.29, 0.717) is 24.4 Å². The monoisotopic (exact) mass is 287 g/mol. The van der Waals surface area contributed by atoms with Crippen LogP contribution in [0.3, 0.4) is 0 Å². The van der Waals surface area contributed by atoms with Crippen molar-refractivity contribution in [2.75, 3.05) is 33.3 Å². The molecule has 3 rings (SSSR count). The van der Waals surface area contributed by atoms with Crippen LogP contribution >= 0.6 is 0 Å². The highest BCUT2D eigenvalue weighted by Crippen LogP contribution is 2.23. The minimum atomic E-state index is -0.465. The van der Waals surface area contributed by atoms with Crippen molar-refractivity contribution in [2.45, 2.75) is 0 Å². The van der Waals surface area contributed by atoms with E-state index in [1.807, 2.05) is 0 Å². The largest absolute Gasteiger partial charge is 0.497 e. The van der Waals surface area contributed by atoms with Gasteiger partial charge in [0, 0.05) is 49.3 Å².